The fraction of sp³-hybridized carbons (Fsp3) is 1.00. The zero-order chi connectivity index (χ0) is 13.6. The SMILES string of the molecule is CC(O)C(C)(O)CN.CC(O)C(C)(O)CN. The zero-order valence-corrected chi connectivity index (χ0v) is 10.5. The van der Waals surface area contributed by atoms with Gasteiger partial charge < -0.3 is 31.9 Å². The minimum atomic E-state index is -1.12. The van der Waals surface area contributed by atoms with Gasteiger partial charge in [-0.3, -0.25) is 0 Å². The molecule has 4 unspecified atom stereocenters. The molecule has 0 fully saturated rings. The molecule has 4 atom stereocenters. The van der Waals surface area contributed by atoms with E-state index in [4.69, 9.17) is 31.9 Å². The lowest BCUT2D eigenvalue weighted by Crippen LogP contribution is -2.44. The van der Waals surface area contributed by atoms with E-state index in [-0.39, 0.29) is 13.1 Å². The van der Waals surface area contributed by atoms with Crippen molar-refractivity contribution in [1.29, 1.82) is 0 Å². The van der Waals surface area contributed by atoms with Gasteiger partial charge in [0.25, 0.3) is 0 Å². The fourth-order valence-electron chi connectivity index (χ4n) is 0.341. The first-order valence-electron chi connectivity index (χ1n) is 5.22. The van der Waals surface area contributed by atoms with Crippen LogP contribution in [0.15, 0.2) is 0 Å². The van der Waals surface area contributed by atoms with Crippen LogP contribution in [0.4, 0.5) is 0 Å². The van der Waals surface area contributed by atoms with Gasteiger partial charge in [-0.2, -0.15) is 0 Å². The van der Waals surface area contributed by atoms with Crippen LogP contribution in [-0.2, 0) is 0 Å². The summed E-state index contributed by atoms with van der Waals surface area (Å²) in [5.74, 6) is 0. The second-order valence-electron chi connectivity index (χ2n) is 4.47. The molecule has 6 nitrogen and oxygen atoms in total. The number of aliphatic hydroxyl groups is 4. The van der Waals surface area contributed by atoms with Gasteiger partial charge in [-0.15, -0.1) is 0 Å². The van der Waals surface area contributed by atoms with Gasteiger partial charge in [0.15, 0.2) is 0 Å². The molecule has 0 aliphatic heterocycles. The Morgan fingerprint density at radius 1 is 0.875 bits per heavy atom. The Balaban J connectivity index is 0. The van der Waals surface area contributed by atoms with Gasteiger partial charge >= 0.3 is 0 Å². The molecule has 0 saturated heterocycles. The van der Waals surface area contributed by atoms with Crippen molar-refractivity contribution in [3.05, 3.63) is 0 Å². The molecule has 16 heavy (non-hydrogen) atoms. The molecule has 0 spiro atoms. The molecule has 0 amide bonds. The molecular formula is C10H26N2O4. The average molecular weight is 238 g/mol. The van der Waals surface area contributed by atoms with Crippen LogP contribution >= 0.6 is 0 Å². The quantitative estimate of drug-likeness (QED) is 0.341. The summed E-state index contributed by atoms with van der Waals surface area (Å²) in [7, 11) is 0. The summed E-state index contributed by atoms with van der Waals surface area (Å²) in [5.41, 5.74) is 7.94. The maximum atomic E-state index is 9.03. The van der Waals surface area contributed by atoms with Gasteiger partial charge in [-0.05, 0) is 27.7 Å². The molecular weight excluding hydrogens is 212 g/mol. The lowest BCUT2D eigenvalue weighted by molar-refractivity contribution is -0.0446. The Labute approximate surface area is 96.9 Å². The summed E-state index contributed by atoms with van der Waals surface area (Å²) in [6, 6.07) is 0. The molecule has 8 N–H and O–H groups in total. The standard InChI is InChI=1S/2C5H13NO2/c2*1-4(7)5(2,8)3-6/h2*4,7-8H,3,6H2,1-2H3. The van der Waals surface area contributed by atoms with Crippen molar-refractivity contribution in [3.8, 4) is 0 Å². The van der Waals surface area contributed by atoms with E-state index < -0.39 is 23.4 Å². The number of nitrogens with two attached hydrogens (primary N) is 2. The van der Waals surface area contributed by atoms with Crippen LogP contribution in [0.2, 0.25) is 0 Å². The maximum Gasteiger partial charge on any atom is 0.0996 e. The van der Waals surface area contributed by atoms with Crippen LogP contribution in [0.5, 0.6) is 0 Å². The normalized spacial score (nSPS) is 22.1. The van der Waals surface area contributed by atoms with Crippen molar-refractivity contribution in [1.82, 2.24) is 0 Å². The number of hydrogen-bond donors (Lipinski definition) is 6. The monoisotopic (exact) mass is 238 g/mol. The van der Waals surface area contributed by atoms with E-state index in [1.54, 1.807) is 0 Å². The smallest absolute Gasteiger partial charge is 0.0996 e. The summed E-state index contributed by atoms with van der Waals surface area (Å²) in [4.78, 5) is 0. The first-order valence-corrected chi connectivity index (χ1v) is 5.22. The molecule has 0 aliphatic rings. The van der Waals surface area contributed by atoms with E-state index in [1.165, 1.54) is 27.7 Å². The third-order valence-corrected chi connectivity index (χ3v) is 2.63. The van der Waals surface area contributed by atoms with Gasteiger partial charge in [0.05, 0.1) is 23.4 Å². The highest BCUT2D eigenvalue weighted by molar-refractivity contribution is 4.79. The average Bonchev–Trinajstić information content (AvgIpc) is 2.18. The third-order valence-electron chi connectivity index (χ3n) is 2.63. The van der Waals surface area contributed by atoms with E-state index in [9.17, 15) is 0 Å². The summed E-state index contributed by atoms with van der Waals surface area (Å²) in [6.45, 7) is 6.18. The van der Waals surface area contributed by atoms with Crippen molar-refractivity contribution >= 4 is 0 Å². The topological polar surface area (TPSA) is 133 Å². The number of hydrogen-bond acceptors (Lipinski definition) is 6. The fourth-order valence-corrected chi connectivity index (χ4v) is 0.341. The van der Waals surface area contributed by atoms with E-state index in [1.807, 2.05) is 0 Å². The van der Waals surface area contributed by atoms with Crippen molar-refractivity contribution in [2.24, 2.45) is 11.5 Å². The molecule has 0 bridgehead atoms. The molecule has 6 heteroatoms. The van der Waals surface area contributed by atoms with Crippen molar-refractivity contribution in [3.63, 3.8) is 0 Å². The van der Waals surface area contributed by atoms with Crippen LogP contribution in [0, 0.1) is 0 Å². The van der Waals surface area contributed by atoms with Gasteiger partial charge in [0.1, 0.15) is 0 Å². The van der Waals surface area contributed by atoms with Crippen molar-refractivity contribution in [2.45, 2.75) is 51.1 Å². The zero-order valence-electron chi connectivity index (χ0n) is 10.5. The van der Waals surface area contributed by atoms with Gasteiger partial charge in [-0.1, -0.05) is 0 Å². The Morgan fingerprint density at radius 2 is 1.06 bits per heavy atom. The summed E-state index contributed by atoms with van der Waals surface area (Å²) >= 11 is 0. The van der Waals surface area contributed by atoms with Crippen LogP contribution < -0.4 is 11.5 Å². The minimum Gasteiger partial charge on any atom is -0.390 e. The lowest BCUT2D eigenvalue weighted by atomic mass is 10.0. The molecule has 0 rings (SSSR count). The van der Waals surface area contributed by atoms with E-state index in [2.05, 4.69) is 0 Å². The van der Waals surface area contributed by atoms with Gasteiger partial charge in [-0.25, -0.2) is 0 Å². The van der Waals surface area contributed by atoms with Crippen LogP contribution in [0.1, 0.15) is 27.7 Å². The second-order valence-corrected chi connectivity index (χ2v) is 4.47. The highest BCUT2D eigenvalue weighted by Gasteiger charge is 2.24. The summed E-state index contributed by atoms with van der Waals surface area (Å²) < 4.78 is 0. The van der Waals surface area contributed by atoms with Gasteiger partial charge in [0.2, 0.25) is 0 Å². The van der Waals surface area contributed by atoms with Crippen LogP contribution in [-0.4, -0.2) is 56.9 Å². The molecule has 0 aromatic heterocycles. The summed E-state index contributed by atoms with van der Waals surface area (Å²) in [6.07, 6.45) is -1.51. The first-order chi connectivity index (χ1) is 7.01. The molecule has 0 heterocycles. The molecule has 0 aromatic rings. The molecule has 0 saturated carbocycles. The Kier molecular flexibility index (Phi) is 8.11. The van der Waals surface area contributed by atoms with Gasteiger partial charge in [0, 0.05) is 13.1 Å². The number of aliphatic hydroxyl groups excluding tert-OH is 2. The summed E-state index contributed by atoms with van der Waals surface area (Å²) in [5, 5.41) is 35.6. The van der Waals surface area contributed by atoms with E-state index in [0.29, 0.717) is 0 Å². The Morgan fingerprint density at radius 3 is 1.06 bits per heavy atom. The molecule has 0 radical (unpaired) electrons. The van der Waals surface area contributed by atoms with E-state index >= 15 is 0 Å². The highest BCUT2D eigenvalue weighted by atomic mass is 16.3. The lowest BCUT2D eigenvalue weighted by Gasteiger charge is -2.23. The number of rotatable bonds is 4. The predicted octanol–water partition coefficient (Wildman–Crippen LogP) is -1.85. The van der Waals surface area contributed by atoms with Crippen LogP contribution in [0.3, 0.4) is 0 Å². The third kappa shape index (κ3) is 7.10. The molecule has 0 aromatic carbocycles. The second kappa shape index (κ2) is 7.16. The van der Waals surface area contributed by atoms with Crippen molar-refractivity contribution < 1.29 is 20.4 Å². The molecule has 0 aliphatic carbocycles. The Hall–Kier alpha value is -0.240. The first kappa shape index (κ1) is 18.1. The van der Waals surface area contributed by atoms with Crippen molar-refractivity contribution in [2.75, 3.05) is 13.1 Å². The predicted molar refractivity (Wildman–Crippen MR) is 62.7 cm³/mol. The van der Waals surface area contributed by atoms with Crippen LogP contribution in [0.25, 0.3) is 0 Å². The minimum absolute atomic E-state index is 0.0880. The highest BCUT2D eigenvalue weighted by Crippen LogP contribution is 2.05. The van der Waals surface area contributed by atoms with E-state index in [0.717, 1.165) is 0 Å². The largest absolute Gasteiger partial charge is 0.390 e. The maximum absolute atomic E-state index is 9.03. The molecule has 100 valence electrons. The Bertz CT molecular complexity index is 162.